The van der Waals surface area contributed by atoms with Crippen LogP contribution in [0.25, 0.3) is 0 Å². The number of nitrogens with zero attached hydrogens (tertiary/aromatic N) is 2. The van der Waals surface area contributed by atoms with Crippen molar-refractivity contribution in [2.75, 3.05) is 26.2 Å². The first-order chi connectivity index (χ1) is 20.1. The number of terminal acetylenes is 1. The third kappa shape index (κ3) is 11.9. The van der Waals surface area contributed by atoms with Gasteiger partial charge in [0.2, 0.25) is 17.7 Å². The summed E-state index contributed by atoms with van der Waals surface area (Å²) in [4.78, 5) is 41.7. The van der Waals surface area contributed by atoms with E-state index in [1.807, 2.05) is 23.8 Å². The van der Waals surface area contributed by atoms with Crippen LogP contribution in [0.3, 0.4) is 0 Å². The zero-order valence-electron chi connectivity index (χ0n) is 27.2. The predicted octanol–water partition coefficient (Wildman–Crippen LogP) is 4.91. The molecule has 42 heavy (non-hydrogen) atoms. The molecule has 0 heterocycles. The van der Waals surface area contributed by atoms with Crippen molar-refractivity contribution in [3.8, 4) is 12.3 Å². The highest BCUT2D eigenvalue weighted by molar-refractivity contribution is 5.83. The molecule has 0 aliphatic heterocycles. The van der Waals surface area contributed by atoms with E-state index < -0.39 is 12.1 Å². The molecule has 0 aromatic rings. The highest BCUT2D eigenvalue weighted by Gasteiger charge is 2.38. The number of carbonyl (C=O) groups is 3. The molecule has 0 saturated heterocycles. The molecule has 5 atom stereocenters. The molecule has 2 aliphatic carbocycles. The molecule has 2 rings (SSSR count). The quantitative estimate of drug-likeness (QED) is 0.166. The summed E-state index contributed by atoms with van der Waals surface area (Å²) in [6, 6.07) is -0.433. The molecular formula is C34H60N4O4. The van der Waals surface area contributed by atoms with Gasteiger partial charge in [0.25, 0.3) is 0 Å². The smallest absolute Gasteiger partial charge is 0.236 e. The van der Waals surface area contributed by atoms with Gasteiger partial charge in [0, 0.05) is 49.9 Å². The van der Waals surface area contributed by atoms with Gasteiger partial charge in [-0.3, -0.25) is 19.8 Å². The second kappa shape index (κ2) is 19.2. The number of aliphatic hydroxyl groups is 1. The normalized spacial score (nSPS) is 22.8. The molecule has 2 aliphatic rings. The first kappa shape index (κ1) is 36.1. The highest BCUT2D eigenvalue weighted by atomic mass is 16.3. The molecule has 0 aromatic carbocycles. The van der Waals surface area contributed by atoms with Crippen LogP contribution in [0.4, 0.5) is 0 Å². The van der Waals surface area contributed by atoms with Crippen LogP contribution in [0, 0.1) is 41.9 Å². The first-order valence-corrected chi connectivity index (χ1v) is 16.9. The lowest BCUT2D eigenvalue weighted by Gasteiger charge is -2.37. The van der Waals surface area contributed by atoms with Gasteiger partial charge in [-0.05, 0) is 50.9 Å². The minimum absolute atomic E-state index is 0.0791. The molecule has 8 nitrogen and oxygen atoms in total. The van der Waals surface area contributed by atoms with E-state index in [1.165, 1.54) is 19.3 Å². The van der Waals surface area contributed by atoms with Gasteiger partial charge >= 0.3 is 0 Å². The monoisotopic (exact) mass is 588 g/mol. The number of rotatable bonds is 17. The molecule has 2 fully saturated rings. The SMILES string of the molecule is C#CC1CC(C(=O)NC(CC2CCCCC2)C(O)CN(CCCC)NC(=O)C(C)C)CC(C(=O)N(CCC)CCC)C1. The van der Waals surface area contributed by atoms with Gasteiger partial charge in [0.1, 0.15) is 0 Å². The van der Waals surface area contributed by atoms with Crippen LogP contribution in [0.1, 0.15) is 118 Å². The van der Waals surface area contributed by atoms with Crippen molar-refractivity contribution in [1.29, 1.82) is 0 Å². The minimum atomic E-state index is -0.839. The molecule has 0 aromatic heterocycles. The second-order valence-electron chi connectivity index (χ2n) is 13.1. The fourth-order valence-corrected chi connectivity index (χ4v) is 6.58. The van der Waals surface area contributed by atoms with Crippen LogP contribution in [0.15, 0.2) is 0 Å². The van der Waals surface area contributed by atoms with Gasteiger partial charge in [-0.1, -0.05) is 73.1 Å². The van der Waals surface area contributed by atoms with E-state index in [4.69, 9.17) is 6.42 Å². The zero-order chi connectivity index (χ0) is 31.1. The van der Waals surface area contributed by atoms with Crippen molar-refractivity contribution in [3.05, 3.63) is 0 Å². The van der Waals surface area contributed by atoms with Crippen molar-refractivity contribution < 1.29 is 19.5 Å². The average molecular weight is 589 g/mol. The molecule has 0 radical (unpaired) electrons. The van der Waals surface area contributed by atoms with Crippen LogP contribution in [-0.2, 0) is 14.4 Å². The summed E-state index contributed by atoms with van der Waals surface area (Å²) in [6.45, 7) is 12.3. The van der Waals surface area contributed by atoms with Crippen molar-refractivity contribution in [3.63, 3.8) is 0 Å². The Labute approximate surface area is 256 Å². The number of nitrogens with one attached hydrogen (secondary N) is 2. The number of hydrogen-bond donors (Lipinski definition) is 3. The summed E-state index contributed by atoms with van der Waals surface area (Å²) in [5.74, 6) is 2.30. The molecule has 3 N–H and O–H groups in total. The maximum absolute atomic E-state index is 13.8. The lowest BCUT2D eigenvalue weighted by atomic mass is 9.74. The maximum Gasteiger partial charge on any atom is 0.236 e. The van der Waals surface area contributed by atoms with Crippen molar-refractivity contribution >= 4 is 17.7 Å². The summed E-state index contributed by atoms with van der Waals surface area (Å²) in [7, 11) is 0. The summed E-state index contributed by atoms with van der Waals surface area (Å²) in [5.41, 5.74) is 2.98. The average Bonchev–Trinajstić information content (AvgIpc) is 2.99. The highest BCUT2D eigenvalue weighted by Crippen LogP contribution is 2.35. The Bertz CT molecular complexity index is 860. The number of hydrogen-bond acceptors (Lipinski definition) is 5. The summed E-state index contributed by atoms with van der Waals surface area (Å²) in [5, 5.41) is 16.6. The van der Waals surface area contributed by atoms with Crippen LogP contribution >= 0.6 is 0 Å². The Balaban J connectivity index is 2.20. The largest absolute Gasteiger partial charge is 0.390 e. The van der Waals surface area contributed by atoms with E-state index in [-0.39, 0.29) is 47.9 Å². The Morgan fingerprint density at radius 2 is 1.57 bits per heavy atom. The molecule has 0 bridgehead atoms. The van der Waals surface area contributed by atoms with E-state index in [1.54, 1.807) is 0 Å². The van der Waals surface area contributed by atoms with Crippen molar-refractivity contribution in [2.45, 2.75) is 130 Å². The van der Waals surface area contributed by atoms with Crippen molar-refractivity contribution in [2.24, 2.45) is 29.6 Å². The van der Waals surface area contributed by atoms with Gasteiger partial charge in [0.05, 0.1) is 12.1 Å². The molecule has 0 spiro atoms. The third-order valence-electron chi connectivity index (χ3n) is 9.05. The predicted molar refractivity (Wildman–Crippen MR) is 169 cm³/mol. The molecule has 240 valence electrons. The lowest BCUT2D eigenvalue weighted by molar-refractivity contribution is -0.139. The van der Waals surface area contributed by atoms with Crippen LogP contribution < -0.4 is 10.7 Å². The third-order valence-corrected chi connectivity index (χ3v) is 9.05. The van der Waals surface area contributed by atoms with E-state index in [2.05, 4.69) is 37.4 Å². The lowest BCUT2D eigenvalue weighted by Crippen LogP contribution is -2.55. The van der Waals surface area contributed by atoms with Gasteiger partial charge in [-0.25, -0.2) is 5.01 Å². The molecule has 3 amide bonds. The fourth-order valence-electron chi connectivity index (χ4n) is 6.58. The van der Waals surface area contributed by atoms with E-state index in [0.717, 1.165) is 51.6 Å². The van der Waals surface area contributed by atoms with E-state index in [9.17, 15) is 19.5 Å². The number of hydrazine groups is 1. The van der Waals surface area contributed by atoms with Gasteiger partial charge in [0.15, 0.2) is 0 Å². The van der Waals surface area contributed by atoms with Crippen LogP contribution in [0.2, 0.25) is 0 Å². The summed E-state index contributed by atoms with van der Waals surface area (Å²) < 4.78 is 0. The fraction of sp³-hybridized carbons (Fsp3) is 0.853. The Morgan fingerprint density at radius 3 is 2.14 bits per heavy atom. The molecule has 8 heteroatoms. The van der Waals surface area contributed by atoms with Gasteiger partial charge in [-0.2, -0.15) is 0 Å². The standard InChI is InChI=1S/C34H60N4O4/c1-7-11-19-38(36-32(40)25(5)6)24-31(39)30(22-27-15-13-12-14-16-27)35-33(41)28-20-26(10-4)21-29(23-28)34(42)37(17-8-2)18-9-3/h4,25-31,39H,7-9,11-24H2,1-3,5-6H3,(H,35,41)(H,36,40). The molecule has 5 unspecified atom stereocenters. The number of amides is 3. The first-order valence-electron chi connectivity index (χ1n) is 16.9. The summed E-state index contributed by atoms with van der Waals surface area (Å²) in [6.07, 6.45) is 16.9. The minimum Gasteiger partial charge on any atom is -0.390 e. The van der Waals surface area contributed by atoms with Crippen LogP contribution in [0.5, 0.6) is 0 Å². The van der Waals surface area contributed by atoms with Crippen LogP contribution in [-0.4, -0.2) is 71.1 Å². The summed E-state index contributed by atoms with van der Waals surface area (Å²) >= 11 is 0. The molecule has 2 saturated carbocycles. The Kier molecular flexibility index (Phi) is 16.5. The number of aliphatic hydroxyl groups excluding tert-OH is 1. The Hall–Kier alpha value is -2.11. The Morgan fingerprint density at radius 1 is 0.929 bits per heavy atom. The number of carbonyl (C=O) groups excluding carboxylic acids is 3. The topological polar surface area (TPSA) is 102 Å². The second-order valence-corrected chi connectivity index (χ2v) is 13.1. The maximum atomic E-state index is 13.8. The van der Waals surface area contributed by atoms with Gasteiger partial charge < -0.3 is 15.3 Å². The number of unbranched alkanes of at least 4 members (excludes halogenated alkanes) is 1. The van der Waals surface area contributed by atoms with E-state index >= 15 is 0 Å². The zero-order valence-corrected chi connectivity index (χ0v) is 27.2. The van der Waals surface area contributed by atoms with E-state index in [0.29, 0.717) is 38.1 Å². The van der Waals surface area contributed by atoms with Gasteiger partial charge in [-0.15, -0.1) is 12.3 Å². The molecular weight excluding hydrogens is 528 g/mol. The van der Waals surface area contributed by atoms with Crippen molar-refractivity contribution in [1.82, 2.24) is 20.7 Å².